The van der Waals surface area contributed by atoms with Crippen LogP contribution in [0.25, 0.3) is 0 Å². The first-order chi connectivity index (χ1) is 9.65. The monoisotopic (exact) mass is 299 g/mol. The van der Waals surface area contributed by atoms with Crippen LogP contribution in [0.15, 0.2) is 0 Å². The summed E-state index contributed by atoms with van der Waals surface area (Å²) >= 11 is 0. The predicted octanol–water partition coefficient (Wildman–Crippen LogP) is 0.637. The highest BCUT2D eigenvalue weighted by Crippen LogP contribution is 2.23. The fraction of sp³-hybridized carbons (Fsp3) is 0.786. The van der Waals surface area contributed by atoms with E-state index in [-0.39, 0.29) is 5.97 Å². The van der Waals surface area contributed by atoms with Gasteiger partial charge >= 0.3 is 12.0 Å². The zero-order chi connectivity index (χ0) is 16.2. The molecule has 0 saturated carbocycles. The zero-order valence-electron chi connectivity index (χ0n) is 13.4. The van der Waals surface area contributed by atoms with Crippen LogP contribution in [-0.2, 0) is 14.3 Å². The third kappa shape index (κ3) is 5.00. The Bertz CT molecular complexity index is 417. The topological polar surface area (TPSA) is 87.7 Å². The molecule has 1 unspecified atom stereocenters. The van der Waals surface area contributed by atoms with Crippen LogP contribution in [0.3, 0.4) is 0 Å². The van der Waals surface area contributed by atoms with Crippen LogP contribution in [0.5, 0.6) is 0 Å². The molecule has 0 aromatic heterocycles. The molecule has 1 fully saturated rings. The van der Waals surface area contributed by atoms with Gasteiger partial charge in [-0.25, -0.2) is 4.79 Å². The summed E-state index contributed by atoms with van der Waals surface area (Å²) in [5.74, 6) is -0.746. The predicted molar refractivity (Wildman–Crippen MR) is 77.6 cm³/mol. The van der Waals surface area contributed by atoms with Gasteiger partial charge in [0.1, 0.15) is 11.6 Å². The van der Waals surface area contributed by atoms with E-state index in [0.29, 0.717) is 13.0 Å². The molecule has 2 atom stereocenters. The van der Waals surface area contributed by atoms with Crippen LogP contribution in [-0.4, -0.2) is 54.1 Å². The third-order valence-corrected chi connectivity index (χ3v) is 3.31. The van der Waals surface area contributed by atoms with Gasteiger partial charge < -0.3 is 10.1 Å². The molecule has 1 aliphatic rings. The number of rotatable bonds is 3. The van der Waals surface area contributed by atoms with E-state index in [0.717, 1.165) is 6.42 Å². The Morgan fingerprint density at radius 2 is 1.90 bits per heavy atom. The number of ether oxygens (including phenoxy) is 1. The van der Waals surface area contributed by atoms with Crippen molar-refractivity contribution in [2.24, 2.45) is 0 Å². The normalized spacial score (nSPS) is 20.7. The average molecular weight is 299 g/mol. The van der Waals surface area contributed by atoms with Gasteiger partial charge in [-0.3, -0.25) is 19.8 Å². The quantitative estimate of drug-likeness (QED) is 0.747. The fourth-order valence-corrected chi connectivity index (χ4v) is 2.30. The second-order valence-corrected chi connectivity index (χ2v) is 6.17. The summed E-state index contributed by atoms with van der Waals surface area (Å²) in [4.78, 5) is 37.2. The Labute approximate surface area is 125 Å². The number of nitrogens with one attached hydrogen (secondary N) is 2. The molecule has 120 valence electrons. The maximum absolute atomic E-state index is 12.2. The Hall–Kier alpha value is -1.63. The summed E-state index contributed by atoms with van der Waals surface area (Å²) in [7, 11) is 1.44. The van der Waals surface area contributed by atoms with Crippen molar-refractivity contribution in [1.82, 2.24) is 15.5 Å². The van der Waals surface area contributed by atoms with Gasteiger partial charge in [-0.2, -0.15) is 0 Å². The smallest absolute Gasteiger partial charge is 0.323 e. The molecule has 0 aliphatic carbocycles. The number of esters is 1. The maximum Gasteiger partial charge on any atom is 0.323 e. The average Bonchev–Trinajstić information content (AvgIpc) is 2.84. The molecular weight excluding hydrogens is 274 g/mol. The number of hydrogen-bond acceptors (Lipinski definition) is 5. The van der Waals surface area contributed by atoms with Crippen LogP contribution in [0, 0.1) is 0 Å². The van der Waals surface area contributed by atoms with Crippen molar-refractivity contribution in [1.29, 1.82) is 0 Å². The van der Waals surface area contributed by atoms with E-state index >= 15 is 0 Å². The Morgan fingerprint density at radius 1 is 1.29 bits per heavy atom. The lowest BCUT2D eigenvalue weighted by Gasteiger charge is -2.30. The first kappa shape index (κ1) is 17.4. The third-order valence-electron chi connectivity index (χ3n) is 3.31. The van der Waals surface area contributed by atoms with Crippen molar-refractivity contribution < 1.29 is 19.1 Å². The Morgan fingerprint density at radius 3 is 2.43 bits per heavy atom. The van der Waals surface area contributed by atoms with E-state index in [1.807, 2.05) is 20.8 Å². The second kappa shape index (κ2) is 6.89. The number of amides is 3. The molecule has 1 heterocycles. The van der Waals surface area contributed by atoms with E-state index in [1.165, 1.54) is 7.05 Å². The van der Waals surface area contributed by atoms with Crippen LogP contribution in [0.1, 0.15) is 40.5 Å². The van der Waals surface area contributed by atoms with Crippen molar-refractivity contribution >= 4 is 17.9 Å². The van der Waals surface area contributed by atoms with Crippen molar-refractivity contribution in [3.05, 3.63) is 0 Å². The van der Waals surface area contributed by atoms with Gasteiger partial charge in [-0.1, -0.05) is 0 Å². The molecule has 0 aromatic carbocycles. The maximum atomic E-state index is 12.2. The van der Waals surface area contributed by atoms with Crippen molar-refractivity contribution in [2.75, 3.05) is 13.6 Å². The lowest BCUT2D eigenvalue weighted by molar-refractivity contribution is -0.161. The van der Waals surface area contributed by atoms with E-state index < -0.39 is 29.6 Å². The van der Waals surface area contributed by atoms with E-state index in [1.54, 1.807) is 11.8 Å². The summed E-state index contributed by atoms with van der Waals surface area (Å²) in [5, 5.41) is 4.56. The van der Waals surface area contributed by atoms with E-state index in [9.17, 15) is 14.4 Å². The number of carbonyl (C=O) groups excluding carboxylic acids is 3. The van der Waals surface area contributed by atoms with Gasteiger partial charge in [-0.15, -0.1) is 0 Å². The number of likely N-dealkylation sites (tertiary alicyclic amines) is 1. The molecular formula is C14H25N3O4. The summed E-state index contributed by atoms with van der Waals surface area (Å²) in [5.41, 5.74) is -0.557. The van der Waals surface area contributed by atoms with Gasteiger partial charge in [0.05, 0.1) is 6.04 Å². The summed E-state index contributed by atoms with van der Waals surface area (Å²) < 4.78 is 5.39. The molecule has 0 spiro atoms. The number of imide groups is 1. The number of nitrogens with zero attached hydrogens (tertiary/aromatic N) is 1. The minimum atomic E-state index is -0.567. The highest BCUT2D eigenvalue weighted by Gasteiger charge is 2.38. The van der Waals surface area contributed by atoms with Crippen molar-refractivity contribution in [3.8, 4) is 0 Å². The van der Waals surface area contributed by atoms with Crippen molar-refractivity contribution in [3.63, 3.8) is 0 Å². The van der Waals surface area contributed by atoms with Gasteiger partial charge in [0.15, 0.2) is 0 Å². The molecule has 1 saturated heterocycles. The minimum absolute atomic E-state index is 0.320. The minimum Gasteiger partial charge on any atom is -0.459 e. The molecule has 0 radical (unpaired) electrons. The lowest BCUT2D eigenvalue weighted by atomic mass is 10.1. The molecule has 7 nitrogen and oxygen atoms in total. The summed E-state index contributed by atoms with van der Waals surface area (Å²) in [6.45, 7) is 7.75. The highest BCUT2D eigenvalue weighted by molar-refractivity contribution is 5.97. The zero-order valence-corrected chi connectivity index (χ0v) is 13.4. The number of carbonyl (C=O) groups is 3. The Balaban J connectivity index is 2.70. The van der Waals surface area contributed by atoms with Crippen LogP contribution in [0.2, 0.25) is 0 Å². The highest BCUT2D eigenvalue weighted by atomic mass is 16.6. The standard InChI is InChI=1S/C14H25N3O4/c1-9(11(18)16-13(20)15-5)17-8-6-7-10(17)12(19)21-14(2,3)4/h9-10H,6-8H2,1-5H3,(H2,15,16,18,20)/t9?,10-/m1/s1. The molecule has 1 aliphatic heterocycles. The number of urea groups is 1. The second-order valence-electron chi connectivity index (χ2n) is 6.17. The molecule has 7 heteroatoms. The molecule has 0 bridgehead atoms. The van der Waals surface area contributed by atoms with E-state index in [4.69, 9.17) is 4.74 Å². The van der Waals surface area contributed by atoms with Gasteiger partial charge in [-0.05, 0) is 47.1 Å². The van der Waals surface area contributed by atoms with Gasteiger partial charge in [0, 0.05) is 7.05 Å². The SMILES string of the molecule is CNC(=O)NC(=O)C(C)N1CCC[C@@H]1C(=O)OC(C)(C)C. The molecule has 1 rings (SSSR count). The molecule has 0 aromatic rings. The first-order valence-electron chi connectivity index (χ1n) is 7.17. The van der Waals surface area contributed by atoms with Crippen LogP contribution < -0.4 is 10.6 Å². The number of hydrogen-bond donors (Lipinski definition) is 2. The summed E-state index contributed by atoms with van der Waals surface area (Å²) in [6, 6.07) is -1.56. The molecule has 2 N–H and O–H groups in total. The molecule has 3 amide bonds. The van der Waals surface area contributed by atoms with Gasteiger partial charge in [0.2, 0.25) is 5.91 Å². The van der Waals surface area contributed by atoms with E-state index in [2.05, 4.69) is 10.6 Å². The van der Waals surface area contributed by atoms with Gasteiger partial charge in [0.25, 0.3) is 0 Å². The largest absolute Gasteiger partial charge is 0.459 e. The first-order valence-corrected chi connectivity index (χ1v) is 7.17. The van der Waals surface area contributed by atoms with Crippen molar-refractivity contribution in [2.45, 2.75) is 58.2 Å². The Kier molecular flexibility index (Phi) is 5.71. The summed E-state index contributed by atoms with van der Waals surface area (Å²) in [6.07, 6.45) is 1.48. The van der Waals surface area contributed by atoms with Crippen LogP contribution in [0.4, 0.5) is 4.79 Å². The van der Waals surface area contributed by atoms with Crippen LogP contribution >= 0.6 is 0 Å². The fourth-order valence-electron chi connectivity index (χ4n) is 2.30. The molecule has 21 heavy (non-hydrogen) atoms. The lowest BCUT2D eigenvalue weighted by Crippen LogP contribution is -2.52.